The van der Waals surface area contributed by atoms with Crippen LogP contribution in [0, 0.1) is 13.8 Å². The Morgan fingerprint density at radius 3 is 2.57 bits per heavy atom. The van der Waals surface area contributed by atoms with Gasteiger partial charge < -0.3 is 0 Å². The Labute approximate surface area is 93.1 Å². The van der Waals surface area contributed by atoms with Crippen molar-refractivity contribution in [3.8, 4) is 0 Å². The van der Waals surface area contributed by atoms with Gasteiger partial charge in [-0.3, -0.25) is 0 Å². The van der Waals surface area contributed by atoms with Crippen molar-refractivity contribution in [3.05, 3.63) is 47.0 Å². The molecular weight excluding hydrogens is 236 g/mol. The van der Waals surface area contributed by atoms with E-state index in [0.29, 0.717) is 0 Å². The van der Waals surface area contributed by atoms with Crippen molar-refractivity contribution in [1.82, 2.24) is 0 Å². The summed E-state index contributed by atoms with van der Waals surface area (Å²) in [7, 11) is 0. The molecule has 0 spiro atoms. The average molecular weight is 249 g/mol. The molecule has 0 aliphatic rings. The number of aryl methyl sites for hydroxylation is 1. The van der Waals surface area contributed by atoms with Crippen molar-refractivity contribution in [3.63, 3.8) is 0 Å². The Morgan fingerprint density at radius 2 is 1.86 bits per heavy atom. The van der Waals surface area contributed by atoms with Crippen LogP contribution in [-0.2, 0) is 5.33 Å². The van der Waals surface area contributed by atoms with Crippen LogP contribution < -0.4 is 0 Å². The Hall–Kier alpha value is -0.820. The molecule has 0 saturated heterocycles. The molecule has 2 aromatic rings. The average Bonchev–Trinajstić information content (AvgIpc) is 2.20. The zero-order chi connectivity index (χ0) is 10.1. The van der Waals surface area contributed by atoms with Crippen molar-refractivity contribution >= 4 is 26.7 Å². The third-order valence-corrected chi connectivity index (χ3v) is 3.40. The molecule has 2 rings (SSSR count). The van der Waals surface area contributed by atoms with E-state index in [9.17, 15) is 0 Å². The molecule has 72 valence electrons. The Bertz CT molecular complexity index is 472. The number of alkyl halides is 1. The van der Waals surface area contributed by atoms with Crippen LogP contribution in [0.2, 0.25) is 0 Å². The molecule has 0 unspecified atom stereocenters. The summed E-state index contributed by atoms with van der Waals surface area (Å²) in [5.41, 5.74) is 4.19. The van der Waals surface area contributed by atoms with Gasteiger partial charge in [0, 0.05) is 5.33 Å². The van der Waals surface area contributed by atoms with Crippen LogP contribution >= 0.6 is 15.9 Å². The third-order valence-electron chi connectivity index (χ3n) is 2.84. The number of hydrogen-bond acceptors (Lipinski definition) is 0. The summed E-state index contributed by atoms with van der Waals surface area (Å²) in [5.74, 6) is 0. The quantitative estimate of drug-likeness (QED) is 0.659. The Morgan fingerprint density at radius 1 is 1.14 bits per heavy atom. The zero-order valence-corrected chi connectivity index (χ0v) is 10.1. The number of fused-ring (bicyclic) bond motifs is 1. The largest absolute Gasteiger partial charge is 0.0876 e. The zero-order valence-electron chi connectivity index (χ0n) is 8.47. The summed E-state index contributed by atoms with van der Waals surface area (Å²) < 4.78 is 0. The lowest BCUT2D eigenvalue weighted by Crippen LogP contribution is -1.91. The SMILES string of the molecule is Cc1cc2ccccc2c(CBr)c1C. The molecule has 0 fully saturated rings. The van der Waals surface area contributed by atoms with Crippen LogP contribution in [0.4, 0.5) is 0 Å². The first-order valence-electron chi connectivity index (χ1n) is 4.78. The molecule has 14 heavy (non-hydrogen) atoms. The van der Waals surface area contributed by atoms with Crippen molar-refractivity contribution in [1.29, 1.82) is 0 Å². The third kappa shape index (κ3) is 1.46. The molecule has 0 aromatic heterocycles. The number of benzene rings is 2. The molecule has 1 heteroatoms. The molecule has 0 aliphatic heterocycles. The van der Waals surface area contributed by atoms with Gasteiger partial charge in [-0.25, -0.2) is 0 Å². The summed E-state index contributed by atoms with van der Waals surface area (Å²) in [6.45, 7) is 4.37. The highest BCUT2D eigenvalue weighted by molar-refractivity contribution is 9.08. The van der Waals surface area contributed by atoms with Crippen LogP contribution in [0.5, 0.6) is 0 Å². The normalized spacial score (nSPS) is 10.8. The van der Waals surface area contributed by atoms with Gasteiger partial charge >= 0.3 is 0 Å². The van der Waals surface area contributed by atoms with E-state index in [4.69, 9.17) is 0 Å². The van der Waals surface area contributed by atoms with Gasteiger partial charge in [-0.15, -0.1) is 0 Å². The molecule has 0 N–H and O–H groups in total. The summed E-state index contributed by atoms with van der Waals surface area (Å²) in [4.78, 5) is 0. The maximum Gasteiger partial charge on any atom is 0.0291 e. The topological polar surface area (TPSA) is 0 Å². The fourth-order valence-corrected chi connectivity index (χ4v) is 2.57. The molecule has 0 nitrogen and oxygen atoms in total. The molecule has 0 saturated carbocycles. The first-order chi connectivity index (χ1) is 6.74. The lowest BCUT2D eigenvalue weighted by Gasteiger charge is -2.10. The highest BCUT2D eigenvalue weighted by atomic mass is 79.9. The van der Waals surface area contributed by atoms with Crippen LogP contribution in [0.15, 0.2) is 30.3 Å². The predicted molar refractivity (Wildman–Crippen MR) is 66.1 cm³/mol. The minimum Gasteiger partial charge on any atom is -0.0876 e. The maximum absolute atomic E-state index is 3.56. The predicted octanol–water partition coefficient (Wildman–Crippen LogP) is 4.35. The van der Waals surface area contributed by atoms with Crippen molar-refractivity contribution in [2.24, 2.45) is 0 Å². The molecular formula is C13H13Br. The molecule has 0 radical (unpaired) electrons. The van der Waals surface area contributed by atoms with E-state index in [0.717, 1.165) is 5.33 Å². The van der Waals surface area contributed by atoms with Crippen LogP contribution in [-0.4, -0.2) is 0 Å². The summed E-state index contributed by atoms with van der Waals surface area (Å²) in [5, 5.41) is 3.64. The second-order valence-electron chi connectivity index (χ2n) is 3.65. The van der Waals surface area contributed by atoms with E-state index in [-0.39, 0.29) is 0 Å². The van der Waals surface area contributed by atoms with E-state index in [2.05, 4.69) is 60.1 Å². The van der Waals surface area contributed by atoms with Gasteiger partial charge in [-0.1, -0.05) is 46.3 Å². The van der Waals surface area contributed by atoms with E-state index in [1.165, 1.54) is 27.5 Å². The van der Waals surface area contributed by atoms with Gasteiger partial charge in [0.1, 0.15) is 0 Å². The van der Waals surface area contributed by atoms with Crippen LogP contribution in [0.1, 0.15) is 16.7 Å². The molecule has 0 amide bonds. The maximum atomic E-state index is 3.56. The molecule has 0 heterocycles. The molecule has 0 atom stereocenters. The molecule has 0 bridgehead atoms. The van der Waals surface area contributed by atoms with Crippen LogP contribution in [0.25, 0.3) is 10.8 Å². The van der Waals surface area contributed by atoms with Gasteiger partial charge in [0.05, 0.1) is 0 Å². The highest BCUT2D eigenvalue weighted by Crippen LogP contribution is 2.26. The van der Waals surface area contributed by atoms with E-state index in [1.54, 1.807) is 0 Å². The minimum absolute atomic E-state index is 0.932. The van der Waals surface area contributed by atoms with Gasteiger partial charge in [0.15, 0.2) is 0 Å². The number of hydrogen-bond donors (Lipinski definition) is 0. The van der Waals surface area contributed by atoms with Crippen molar-refractivity contribution in [2.75, 3.05) is 0 Å². The standard InChI is InChI=1S/C13H13Br/c1-9-7-11-5-3-4-6-12(11)13(8-14)10(9)2/h3-7H,8H2,1-2H3. The first-order valence-corrected chi connectivity index (χ1v) is 5.90. The summed E-state index contributed by atoms with van der Waals surface area (Å²) >= 11 is 3.56. The van der Waals surface area contributed by atoms with Gasteiger partial charge in [-0.05, 0) is 41.3 Å². The molecule has 0 aliphatic carbocycles. The van der Waals surface area contributed by atoms with E-state index in [1.807, 2.05) is 0 Å². The second-order valence-corrected chi connectivity index (χ2v) is 4.21. The lowest BCUT2D eigenvalue weighted by atomic mass is 9.97. The Kier molecular flexibility index (Phi) is 2.60. The van der Waals surface area contributed by atoms with Gasteiger partial charge in [0.25, 0.3) is 0 Å². The lowest BCUT2D eigenvalue weighted by molar-refractivity contribution is 1.28. The first kappa shape index (κ1) is 9.72. The van der Waals surface area contributed by atoms with Crippen molar-refractivity contribution < 1.29 is 0 Å². The summed E-state index contributed by atoms with van der Waals surface area (Å²) in [6, 6.07) is 10.8. The van der Waals surface area contributed by atoms with Crippen LogP contribution in [0.3, 0.4) is 0 Å². The van der Waals surface area contributed by atoms with Crippen molar-refractivity contribution in [2.45, 2.75) is 19.2 Å². The second kappa shape index (κ2) is 3.74. The molecule has 2 aromatic carbocycles. The monoisotopic (exact) mass is 248 g/mol. The van der Waals surface area contributed by atoms with E-state index >= 15 is 0 Å². The number of halogens is 1. The Balaban J connectivity index is 2.89. The van der Waals surface area contributed by atoms with Gasteiger partial charge in [0.2, 0.25) is 0 Å². The summed E-state index contributed by atoms with van der Waals surface area (Å²) in [6.07, 6.45) is 0. The smallest absolute Gasteiger partial charge is 0.0291 e. The van der Waals surface area contributed by atoms with E-state index < -0.39 is 0 Å². The highest BCUT2D eigenvalue weighted by Gasteiger charge is 2.05. The number of rotatable bonds is 1. The fraction of sp³-hybridized carbons (Fsp3) is 0.231. The fourth-order valence-electron chi connectivity index (χ4n) is 1.85. The minimum atomic E-state index is 0.932. The van der Waals surface area contributed by atoms with Gasteiger partial charge in [-0.2, -0.15) is 0 Å².